The molecule has 0 radical (unpaired) electrons. The van der Waals surface area contributed by atoms with E-state index in [1.165, 1.54) is 0 Å². The predicted octanol–water partition coefficient (Wildman–Crippen LogP) is 1.47. The second-order valence-electron chi connectivity index (χ2n) is 4.72. The quantitative estimate of drug-likeness (QED) is 0.824. The van der Waals surface area contributed by atoms with Gasteiger partial charge < -0.3 is 5.73 Å². The lowest BCUT2D eigenvalue weighted by atomic mass is 10.1. The largest absolute Gasteiger partial charge is 0.368 e. The highest BCUT2D eigenvalue weighted by Gasteiger charge is 2.25. The van der Waals surface area contributed by atoms with Crippen molar-refractivity contribution in [2.24, 2.45) is 5.73 Å². The lowest BCUT2D eigenvalue weighted by molar-refractivity contribution is -0.123. The van der Waals surface area contributed by atoms with Crippen LogP contribution in [0.5, 0.6) is 0 Å². The topological polar surface area (TPSA) is 72.9 Å². The summed E-state index contributed by atoms with van der Waals surface area (Å²) in [5.74, 6) is -0.392. The molecule has 1 heterocycles. The molecular weight excluding hydrogens is 252 g/mol. The third-order valence-corrected chi connectivity index (χ3v) is 3.44. The number of nitrogens with zero attached hydrogens (tertiary/aromatic N) is 2. The number of hydrogen-bond donors (Lipinski definition) is 2. The van der Waals surface area contributed by atoms with Crippen LogP contribution in [0.15, 0.2) is 0 Å². The number of carbonyl (C=O) groups excluding carboxylic acids is 1. The van der Waals surface area contributed by atoms with Gasteiger partial charge >= 0.3 is 0 Å². The van der Waals surface area contributed by atoms with E-state index in [0.717, 1.165) is 24.4 Å². The van der Waals surface area contributed by atoms with E-state index in [-0.39, 0.29) is 0 Å². The van der Waals surface area contributed by atoms with Gasteiger partial charge in [0, 0.05) is 13.1 Å². The standard InChI is InChI=1S/C12H21ClN4O/c1-5-8-10(13)9(17(6-2)16-8)7-15-12(3,4)11(14)18/h15H,5-7H2,1-4H3,(H2,14,18). The third-order valence-electron chi connectivity index (χ3n) is 3.01. The van der Waals surface area contributed by atoms with Gasteiger partial charge in [-0.05, 0) is 27.2 Å². The van der Waals surface area contributed by atoms with E-state index in [1.54, 1.807) is 13.8 Å². The van der Waals surface area contributed by atoms with Crippen molar-refractivity contribution >= 4 is 17.5 Å². The van der Waals surface area contributed by atoms with E-state index >= 15 is 0 Å². The van der Waals surface area contributed by atoms with Crippen molar-refractivity contribution in [1.82, 2.24) is 15.1 Å². The number of hydrogen-bond acceptors (Lipinski definition) is 3. The molecule has 0 bridgehead atoms. The van der Waals surface area contributed by atoms with Gasteiger partial charge in [-0.2, -0.15) is 5.10 Å². The lowest BCUT2D eigenvalue weighted by Crippen LogP contribution is -2.50. The summed E-state index contributed by atoms with van der Waals surface area (Å²) in [5.41, 5.74) is 6.33. The number of nitrogens with one attached hydrogen (secondary N) is 1. The maximum Gasteiger partial charge on any atom is 0.237 e. The molecule has 1 rings (SSSR count). The Morgan fingerprint density at radius 2 is 2.11 bits per heavy atom. The first kappa shape index (κ1) is 15.0. The monoisotopic (exact) mass is 272 g/mol. The molecule has 0 aliphatic heterocycles. The molecule has 0 atom stereocenters. The molecule has 1 amide bonds. The summed E-state index contributed by atoms with van der Waals surface area (Å²) in [7, 11) is 0. The Hall–Kier alpha value is -1.07. The molecule has 0 aliphatic carbocycles. The van der Waals surface area contributed by atoms with Crippen LogP contribution in [0.3, 0.4) is 0 Å². The lowest BCUT2D eigenvalue weighted by Gasteiger charge is -2.22. The van der Waals surface area contributed by atoms with Gasteiger partial charge in [0.15, 0.2) is 0 Å². The molecule has 18 heavy (non-hydrogen) atoms. The molecule has 6 heteroatoms. The second kappa shape index (κ2) is 5.71. The van der Waals surface area contributed by atoms with Crippen molar-refractivity contribution in [2.45, 2.75) is 52.7 Å². The molecule has 0 aromatic carbocycles. The minimum Gasteiger partial charge on any atom is -0.368 e. The minimum atomic E-state index is -0.765. The molecule has 0 saturated carbocycles. The van der Waals surface area contributed by atoms with Crippen molar-refractivity contribution in [3.8, 4) is 0 Å². The molecule has 1 aromatic heterocycles. The van der Waals surface area contributed by atoms with Crippen LogP contribution in [0.25, 0.3) is 0 Å². The van der Waals surface area contributed by atoms with Gasteiger partial charge in [0.25, 0.3) is 0 Å². The van der Waals surface area contributed by atoms with E-state index < -0.39 is 11.4 Å². The SMILES string of the molecule is CCc1nn(CC)c(CNC(C)(C)C(N)=O)c1Cl. The molecule has 0 fully saturated rings. The zero-order valence-electron chi connectivity index (χ0n) is 11.4. The number of amides is 1. The zero-order valence-corrected chi connectivity index (χ0v) is 12.1. The summed E-state index contributed by atoms with van der Waals surface area (Å²) in [6, 6.07) is 0. The van der Waals surface area contributed by atoms with Crippen LogP contribution < -0.4 is 11.1 Å². The summed E-state index contributed by atoms with van der Waals surface area (Å²) in [4.78, 5) is 11.2. The molecule has 102 valence electrons. The number of aryl methyl sites for hydroxylation is 2. The molecule has 5 nitrogen and oxygen atoms in total. The summed E-state index contributed by atoms with van der Waals surface area (Å²) in [5, 5.41) is 8.20. The van der Waals surface area contributed by atoms with Crippen LogP contribution in [0.2, 0.25) is 5.02 Å². The number of aromatic nitrogens is 2. The molecule has 0 saturated heterocycles. The minimum absolute atomic E-state index is 0.392. The van der Waals surface area contributed by atoms with Crippen LogP contribution in [-0.2, 0) is 24.3 Å². The smallest absolute Gasteiger partial charge is 0.237 e. The fraction of sp³-hybridized carbons (Fsp3) is 0.667. The molecule has 1 aromatic rings. The van der Waals surface area contributed by atoms with Crippen molar-refractivity contribution in [2.75, 3.05) is 0 Å². The number of rotatable bonds is 6. The summed E-state index contributed by atoms with van der Waals surface area (Å²) >= 11 is 6.28. The second-order valence-corrected chi connectivity index (χ2v) is 5.10. The Bertz CT molecular complexity index is 440. The van der Waals surface area contributed by atoms with Gasteiger partial charge in [-0.15, -0.1) is 0 Å². The molecule has 0 aliphatic rings. The van der Waals surface area contributed by atoms with Crippen LogP contribution in [-0.4, -0.2) is 21.2 Å². The highest BCUT2D eigenvalue weighted by atomic mass is 35.5. The highest BCUT2D eigenvalue weighted by Crippen LogP contribution is 2.22. The highest BCUT2D eigenvalue weighted by molar-refractivity contribution is 6.31. The zero-order chi connectivity index (χ0) is 13.9. The van der Waals surface area contributed by atoms with Crippen LogP contribution in [0.4, 0.5) is 0 Å². The van der Waals surface area contributed by atoms with Gasteiger partial charge in [-0.1, -0.05) is 18.5 Å². The van der Waals surface area contributed by atoms with Gasteiger partial charge in [0.2, 0.25) is 5.91 Å². The molecule has 0 spiro atoms. The Morgan fingerprint density at radius 1 is 1.50 bits per heavy atom. The number of primary amides is 1. The number of halogens is 1. The van der Waals surface area contributed by atoms with Gasteiger partial charge in [0.1, 0.15) is 0 Å². The first-order chi connectivity index (χ1) is 8.33. The van der Waals surface area contributed by atoms with Gasteiger partial charge in [-0.25, -0.2) is 0 Å². The van der Waals surface area contributed by atoms with Crippen LogP contribution in [0.1, 0.15) is 39.1 Å². The van der Waals surface area contributed by atoms with Crippen LogP contribution in [0, 0.1) is 0 Å². The maximum absolute atomic E-state index is 11.2. The average Bonchev–Trinajstić information content (AvgIpc) is 2.62. The summed E-state index contributed by atoms with van der Waals surface area (Å²) in [6.45, 7) is 8.72. The number of carbonyl (C=O) groups is 1. The normalized spacial score (nSPS) is 11.8. The van der Waals surface area contributed by atoms with Gasteiger partial charge in [-0.3, -0.25) is 14.8 Å². The van der Waals surface area contributed by atoms with Crippen LogP contribution >= 0.6 is 11.6 Å². The van der Waals surface area contributed by atoms with Crippen molar-refractivity contribution < 1.29 is 4.79 Å². The van der Waals surface area contributed by atoms with Crippen molar-refractivity contribution in [3.63, 3.8) is 0 Å². The third kappa shape index (κ3) is 3.03. The Morgan fingerprint density at radius 3 is 2.56 bits per heavy atom. The fourth-order valence-corrected chi connectivity index (χ4v) is 1.91. The van der Waals surface area contributed by atoms with Crippen molar-refractivity contribution in [1.29, 1.82) is 0 Å². The van der Waals surface area contributed by atoms with Gasteiger partial charge in [0.05, 0.1) is 21.9 Å². The Kier molecular flexibility index (Phi) is 4.76. The molecule has 3 N–H and O–H groups in total. The predicted molar refractivity (Wildman–Crippen MR) is 72.4 cm³/mol. The Labute approximate surface area is 113 Å². The van der Waals surface area contributed by atoms with E-state index in [2.05, 4.69) is 10.4 Å². The summed E-state index contributed by atoms with van der Waals surface area (Å²) in [6.07, 6.45) is 0.790. The van der Waals surface area contributed by atoms with E-state index in [4.69, 9.17) is 17.3 Å². The first-order valence-electron chi connectivity index (χ1n) is 6.12. The number of nitrogens with two attached hydrogens (primary N) is 1. The molecular formula is C12H21ClN4O. The fourth-order valence-electron chi connectivity index (χ4n) is 1.58. The summed E-state index contributed by atoms with van der Waals surface area (Å²) < 4.78 is 1.85. The Balaban J connectivity index is 2.91. The van der Waals surface area contributed by atoms with Crippen molar-refractivity contribution in [3.05, 3.63) is 16.4 Å². The average molecular weight is 273 g/mol. The molecule has 0 unspecified atom stereocenters. The first-order valence-corrected chi connectivity index (χ1v) is 6.50. The van der Waals surface area contributed by atoms with E-state index in [9.17, 15) is 4.79 Å². The van der Waals surface area contributed by atoms with E-state index in [1.807, 2.05) is 18.5 Å². The maximum atomic E-state index is 11.2. The van der Waals surface area contributed by atoms with E-state index in [0.29, 0.717) is 11.6 Å².